The van der Waals surface area contributed by atoms with Crippen molar-refractivity contribution in [1.29, 1.82) is 0 Å². The Morgan fingerprint density at radius 3 is 2.44 bits per heavy atom. The Kier molecular flexibility index (Phi) is 7.80. The third-order valence-electron chi connectivity index (χ3n) is 7.31. The highest BCUT2D eigenvalue weighted by molar-refractivity contribution is 6.09. The highest BCUT2D eigenvalue weighted by Gasteiger charge is 2.50. The number of Topliss-reactive ketones (excluding diaryl/α,β-unsaturated/α-hetero) is 1. The first-order valence-electron chi connectivity index (χ1n) is 12.7. The molecule has 5 rings (SSSR count). The van der Waals surface area contributed by atoms with Crippen LogP contribution in [-0.4, -0.2) is 110 Å². The van der Waals surface area contributed by atoms with Crippen molar-refractivity contribution in [3.8, 4) is 11.5 Å². The number of aromatic hydroxyl groups is 1. The Hall–Kier alpha value is -3.18. The van der Waals surface area contributed by atoms with Crippen molar-refractivity contribution in [3.05, 3.63) is 45.8 Å². The lowest BCUT2D eigenvalue weighted by molar-refractivity contribution is -0.289. The minimum Gasteiger partial charge on any atom is -0.506 e. The third-order valence-corrected chi connectivity index (χ3v) is 7.31. The van der Waals surface area contributed by atoms with E-state index in [1.165, 1.54) is 31.2 Å². The quantitative estimate of drug-likeness (QED) is 0.129. The van der Waals surface area contributed by atoms with E-state index in [1.807, 2.05) is 0 Å². The number of carbonyl (C=O) groups excluding carboxylic acids is 1. The van der Waals surface area contributed by atoms with Gasteiger partial charge in [0.2, 0.25) is 6.29 Å². The molecular formula is C27H30O14. The van der Waals surface area contributed by atoms with E-state index in [9.17, 15) is 45.3 Å². The molecule has 2 aliphatic rings. The molecule has 8 unspecified atom stereocenters. The molecule has 0 aliphatic carbocycles. The maximum atomic E-state index is 12.7. The summed E-state index contributed by atoms with van der Waals surface area (Å²) < 4.78 is 27.7. The van der Waals surface area contributed by atoms with E-state index < -0.39 is 79.7 Å². The van der Waals surface area contributed by atoms with Gasteiger partial charge in [-0.05, 0) is 37.4 Å². The van der Waals surface area contributed by atoms with Crippen LogP contribution in [0.15, 0.2) is 33.5 Å². The average molecular weight is 579 g/mol. The lowest BCUT2D eigenvalue weighted by Crippen LogP contribution is -2.60. The summed E-state index contributed by atoms with van der Waals surface area (Å²) in [7, 11) is 0. The molecule has 2 fully saturated rings. The molecule has 2 aliphatic heterocycles. The number of aliphatic hydroxyl groups excluding tert-OH is 5. The van der Waals surface area contributed by atoms with Crippen LogP contribution in [0.1, 0.15) is 23.0 Å². The van der Waals surface area contributed by atoms with Gasteiger partial charge in [-0.2, -0.15) is 0 Å². The molecule has 1 aromatic heterocycles. The molecule has 14 heteroatoms. The van der Waals surface area contributed by atoms with E-state index in [0.29, 0.717) is 5.76 Å². The molecular weight excluding hydrogens is 548 g/mol. The average Bonchev–Trinajstić information content (AvgIpc) is 3.21. The van der Waals surface area contributed by atoms with Crippen molar-refractivity contribution in [2.75, 3.05) is 19.8 Å². The van der Waals surface area contributed by atoms with E-state index in [-0.39, 0.29) is 38.8 Å². The first kappa shape index (κ1) is 29.3. The summed E-state index contributed by atoms with van der Waals surface area (Å²) in [5, 5.41) is 72.5. The van der Waals surface area contributed by atoms with Gasteiger partial charge in [-0.3, -0.25) is 9.59 Å². The van der Waals surface area contributed by atoms with Crippen molar-refractivity contribution in [2.24, 2.45) is 0 Å². The maximum absolute atomic E-state index is 12.7. The zero-order valence-electron chi connectivity index (χ0n) is 22.0. The summed E-state index contributed by atoms with van der Waals surface area (Å²) in [5.41, 5.74) is -2.27. The lowest BCUT2D eigenvalue weighted by atomic mass is 9.98. The van der Waals surface area contributed by atoms with Gasteiger partial charge in [-0.1, -0.05) is 0 Å². The lowest BCUT2D eigenvalue weighted by Gasteiger charge is -2.40. The van der Waals surface area contributed by atoms with Crippen LogP contribution in [0, 0.1) is 6.92 Å². The Morgan fingerprint density at radius 2 is 1.78 bits per heavy atom. The highest BCUT2D eigenvalue weighted by atomic mass is 16.7. The predicted molar refractivity (Wildman–Crippen MR) is 137 cm³/mol. The van der Waals surface area contributed by atoms with Crippen molar-refractivity contribution in [3.63, 3.8) is 0 Å². The molecule has 7 N–H and O–H groups in total. The van der Waals surface area contributed by atoms with Crippen LogP contribution in [-0.2, 0) is 14.2 Å². The molecule has 0 spiro atoms. The van der Waals surface area contributed by atoms with Crippen molar-refractivity contribution < 1.29 is 63.9 Å². The molecule has 2 aromatic carbocycles. The third kappa shape index (κ3) is 5.18. The van der Waals surface area contributed by atoms with Gasteiger partial charge in [0.1, 0.15) is 64.3 Å². The minimum absolute atomic E-state index is 0.00590. The van der Waals surface area contributed by atoms with Gasteiger partial charge in [0.25, 0.3) is 0 Å². The van der Waals surface area contributed by atoms with E-state index in [4.69, 9.17) is 23.4 Å². The van der Waals surface area contributed by atoms with Crippen molar-refractivity contribution >= 4 is 27.5 Å². The summed E-state index contributed by atoms with van der Waals surface area (Å²) in [4.78, 5) is 24.9. The second-order valence-corrected chi connectivity index (χ2v) is 10.3. The number of aryl methyl sites for hydroxylation is 1. The second-order valence-electron chi connectivity index (χ2n) is 10.3. The molecule has 3 heterocycles. The summed E-state index contributed by atoms with van der Waals surface area (Å²) in [6.45, 7) is 1.13. The number of ketones is 1. The van der Waals surface area contributed by atoms with Crippen molar-refractivity contribution in [1.82, 2.24) is 0 Å². The molecule has 0 bridgehead atoms. The zero-order chi connectivity index (χ0) is 29.8. The number of ether oxygens (including phenoxy) is 4. The Labute approximate surface area is 231 Å². The normalized spacial score (nSPS) is 32.0. The zero-order valence-corrected chi connectivity index (χ0v) is 22.0. The highest BCUT2D eigenvalue weighted by Crippen LogP contribution is 2.41. The van der Waals surface area contributed by atoms with Crippen LogP contribution in [0.25, 0.3) is 21.7 Å². The van der Waals surface area contributed by atoms with Gasteiger partial charge < -0.3 is 59.1 Å². The number of benzene rings is 2. The summed E-state index contributed by atoms with van der Waals surface area (Å²) in [6.07, 6.45) is -11.4. The molecule has 14 nitrogen and oxygen atoms in total. The van der Waals surface area contributed by atoms with Gasteiger partial charge >= 0.3 is 0 Å². The van der Waals surface area contributed by atoms with E-state index in [0.717, 1.165) is 0 Å². The van der Waals surface area contributed by atoms with Crippen LogP contribution < -0.4 is 10.2 Å². The van der Waals surface area contributed by atoms with Crippen LogP contribution in [0.3, 0.4) is 0 Å². The molecule has 222 valence electrons. The fourth-order valence-electron chi connectivity index (χ4n) is 4.93. The number of aliphatic hydroxyl groups is 6. The summed E-state index contributed by atoms with van der Waals surface area (Å²) in [5.74, 6) is -0.754. The van der Waals surface area contributed by atoms with Gasteiger partial charge in [0.15, 0.2) is 17.5 Å². The summed E-state index contributed by atoms with van der Waals surface area (Å²) in [6, 6.07) is 5.37. The van der Waals surface area contributed by atoms with Crippen molar-refractivity contribution in [2.45, 2.75) is 62.5 Å². The van der Waals surface area contributed by atoms with E-state index >= 15 is 0 Å². The minimum atomic E-state index is -1.96. The first-order valence-corrected chi connectivity index (χ1v) is 12.7. The monoisotopic (exact) mass is 578 g/mol. The fourth-order valence-corrected chi connectivity index (χ4v) is 4.93. The molecule has 0 saturated carbocycles. The fraction of sp³-hybridized carbons (Fsp3) is 0.481. The number of carbonyl (C=O) groups is 1. The molecule has 0 radical (unpaired) electrons. The Morgan fingerprint density at radius 1 is 1.05 bits per heavy atom. The molecule has 41 heavy (non-hydrogen) atoms. The van der Waals surface area contributed by atoms with Gasteiger partial charge in [-0.25, -0.2) is 0 Å². The topological polar surface area (TPSA) is 226 Å². The number of phenolic OH excluding ortho intramolecular Hbond substituents is 1. The number of rotatable bonds is 7. The maximum Gasteiger partial charge on any atom is 0.229 e. The standard InChI is InChI=1S/C27H30O14/c1-10-3-14(30)19-16(39-10)6-13-4-12(11(2)29)5-15(18(13)21(19)32)40-25-23(34)22(33)20(31)17(41-25)7-37-26-24(35)27(36,8-28)9-38-26/h3-6,17,20,22-26,28,31-36H,7-9H2,1-2H3. The molecule has 2 saturated heterocycles. The van der Waals surface area contributed by atoms with Crippen LogP contribution >= 0.6 is 0 Å². The molecule has 0 amide bonds. The Balaban J connectivity index is 1.48. The number of hydrogen-bond donors (Lipinski definition) is 7. The second kappa shape index (κ2) is 10.9. The Bertz CT molecular complexity index is 1530. The van der Waals surface area contributed by atoms with Crippen LogP contribution in [0.4, 0.5) is 0 Å². The van der Waals surface area contributed by atoms with Crippen LogP contribution in [0.2, 0.25) is 0 Å². The van der Waals surface area contributed by atoms with Gasteiger partial charge in [0.05, 0.1) is 25.2 Å². The summed E-state index contributed by atoms with van der Waals surface area (Å²) >= 11 is 0. The van der Waals surface area contributed by atoms with Gasteiger partial charge in [-0.15, -0.1) is 0 Å². The number of hydrogen-bond acceptors (Lipinski definition) is 14. The smallest absolute Gasteiger partial charge is 0.229 e. The predicted octanol–water partition coefficient (Wildman–Crippen LogP) is -1.19. The number of fused-ring (bicyclic) bond motifs is 2. The number of phenols is 1. The molecule has 3 aromatic rings. The van der Waals surface area contributed by atoms with Crippen LogP contribution in [0.5, 0.6) is 11.5 Å². The van der Waals surface area contributed by atoms with E-state index in [1.54, 1.807) is 6.92 Å². The SMILES string of the molecule is CC(=O)c1cc(OC2OC(COC3OCC(O)(CO)C3O)C(O)C(O)C2O)c2c(O)c3c(=O)cc(C)oc3cc2c1. The molecule has 8 atom stereocenters. The largest absolute Gasteiger partial charge is 0.506 e. The first-order chi connectivity index (χ1) is 19.3. The van der Waals surface area contributed by atoms with E-state index in [2.05, 4.69) is 0 Å². The van der Waals surface area contributed by atoms with Gasteiger partial charge in [0, 0.05) is 11.6 Å².